The first-order chi connectivity index (χ1) is 13.3. The van der Waals surface area contributed by atoms with Crippen LogP contribution in [0.5, 0.6) is 5.75 Å². The van der Waals surface area contributed by atoms with E-state index in [0.717, 1.165) is 30.9 Å². The molecule has 1 saturated heterocycles. The Hall–Kier alpha value is -3.26. The van der Waals surface area contributed by atoms with Crippen molar-refractivity contribution in [3.8, 4) is 11.4 Å². The van der Waals surface area contributed by atoms with Crippen molar-refractivity contribution in [1.29, 1.82) is 0 Å². The van der Waals surface area contributed by atoms with Crippen molar-refractivity contribution in [3.05, 3.63) is 60.4 Å². The number of nitrogens with one attached hydrogen (secondary N) is 1. The van der Waals surface area contributed by atoms with Crippen LogP contribution in [0, 0.1) is 0 Å². The molecule has 0 aliphatic carbocycles. The minimum Gasteiger partial charge on any atom is -0.491 e. The van der Waals surface area contributed by atoms with Crippen molar-refractivity contribution < 1.29 is 14.3 Å². The van der Waals surface area contributed by atoms with Crippen LogP contribution >= 0.6 is 0 Å². The summed E-state index contributed by atoms with van der Waals surface area (Å²) in [5.74, 6) is 0.545. The molecule has 1 aliphatic heterocycles. The van der Waals surface area contributed by atoms with Gasteiger partial charge in [-0.15, -0.1) is 5.10 Å². The summed E-state index contributed by atoms with van der Waals surface area (Å²) < 4.78 is 12.8. The van der Waals surface area contributed by atoms with E-state index in [1.165, 1.54) is 6.33 Å². The number of nitrogens with zero attached hydrogens (tertiary/aromatic N) is 4. The molecule has 0 bridgehead atoms. The molecular formula is C19H19N5O3. The van der Waals surface area contributed by atoms with Gasteiger partial charge in [0.2, 0.25) is 0 Å². The minimum atomic E-state index is -0.184. The van der Waals surface area contributed by atoms with E-state index in [0.29, 0.717) is 17.9 Å². The average Bonchev–Trinajstić information content (AvgIpc) is 3.41. The van der Waals surface area contributed by atoms with Crippen molar-refractivity contribution in [2.45, 2.75) is 18.9 Å². The first kappa shape index (κ1) is 17.2. The Balaban J connectivity index is 1.33. The molecule has 1 fully saturated rings. The summed E-state index contributed by atoms with van der Waals surface area (Å²) in [6.07, 6.45) is 3.80. The molecule has 0 spiro atoms. The lowest BCUT2D eigenvalue weighted by Gasteiger charge is -2.12. The van der Waals surface area contributed by atoms with Crippen LogP contribution in [0.2, 0.25) is 0 Å². The highest BCUT2D eigenvalue weighted by Gasteiger charge is 2.16. The lowest BCUT2D eigenvalue weighted by Crippen LogP contribution is -2.16. The van der Waals surface area contributed by atoms with Gasteiger partial charge >= 0.3 is 0 Å². The van der Waals surface area contributed by atoms with Crippen LogP contribution in [0.25, 0.3) is 5.69 Å². The molecule has 2 aromatic carbocycles. The van der Waals surface area contributed by atoms with E-state index in [4.69, 9.17) is 9.47 Å². The van der Waals surface area contributed by atoms with E-state index in [1.807, 2.05) is 12.1 Å². The van der Waals surface area contributed by atoms with Gasteiger partial charge in [0, 0.05) is 17.9 Å². The number of ether oxygens (including phenoxy) is 2. The van der Waals surface area contributed by atoms with E-state index < -0.39 is 0 Å². The lowest BCUT2D eigenvalue weighted by molar-refractivity contribution is 0.0679. The SMILES string of the molecule is O=C(Nc1ccc(-n2cnnn2)cc1)c1ccc(OC[C@H]2CCCO2)cc1. The van der Waals surface area contributed by atoms with Crippen molar-refractivity contribution in [2.75, 3.05) is 18.5 Å². The largest absolute Gasteiger partial charge is 0.491 e. The Morgan fingerprint density at radius 1 is 1.19 bits per heavy atom. The van der Waals surface area contributed by atoms with Gasteiger partial charge in [-0.2, -0.15) is 0 Å². The van der Waals surface area contributed by atoms with Crippen LogP contribution in [0.4, 0.5) is 5.69 Å². The molecule has 8 nitrogen and oxygen atoms in total. The topological polar surface area (TPSA) is 91.2 Å². The van der Waals surface area contributed by atoms with Gasteiger partial charge in [0.25, 0.3) is 5.91 Å². The van der Waals surface area contributed by atoms with E-state index in [1.54, 1.807) is 41.1 Å². The second-order valence-electron chi connectivity index (χ2n) is 6.23. The van der Waals surface area contributed by atoms with Gasteiger partial charge in [-0.3, -0.25) is 4.79 Å². The molecule has 1 amide bonds. The predicted molar refractivity (Wildman–Crippen MR) is 98.0 cm³/mol. The maximum absolute atomic E-state index is 12.4. The Bertz CT molecular complexity index is 873. The highest BCUT2D eigenvalue weighted by atomic mass is 16.5. The summed E-state index contributed by atoms with van der Waals surface area (Å²) >= 11 is 0. The fraction of sp³-hybridized carbons (Fsp3) is 0.263. The first-order valence-corrected chi connectivity index (χ1v) is 8.77. The summed E-state index contributed by atoms with van der Waals surface area (Å²) in [6, 6.07) is 14.3. The quantitative estimate of drug-likeness (QED) is 0.722. The molecule has 1 N–H and O–H groups in total. The maximum atomic E-state index is 12.4. The number of aromatic nitrogens is 4. The average molecular weight is 365 g/mol. The lowest BCUT2D eigenvalue weighted by atomic mass is 10.2. The van der Waals surface area contributed by atoms with Gasteiger partial charge in [-0.25, -0.2) is 4.68 Å². The maximum Gasteiger partial charge on any atom is 0.255 e. The molecule has 1 atom stereocenters. The molecule has 1 aliphatic rings. The summed E-state index contributed by atoms with van der Waals surface area (Å²) in [7, 11) is 0. The fourth-order valence-corrected chi connectivity index (χ4v) is 2.85. The number of carbonyl (C=O) groups is 1. The van der Waals surface area contributed by atoms with Gasteiger partial charge in [0.1, 0.15) is 18.7 Å². The number of benzene rings is 2. The molecule has 8 heteroatoms. The van der Waals surface area contributed by atoms with Crippen molar-refractivity contribution >= 4 is 11.6 Å². The molecule has 27 heavy (non-hydrogen) atoms. The Morgan fingerprint density at radius 2 is 2.00 bits per heavy atom. The van der Waals surface area contributed by atoms with Gasteiger partial charge < -0.3 is 14.8 Å². The van der Waals surface area contributed by atoms with Gasteiger partial charge in [0.15, 0.2) is 0 Å². The fourth-order valence-electron chi connectivity index (χ4n) is 2.85. The van der Waals surface area contributed by atoms with E-state index in [-0.39, 0.29) is 12.0 Å². The molecule has 1 aromatic heterocycles. The van der Waals surface area contributed by atoms with Gasteiger partial charge in [-0.05, 0) is 71.8 Å². The van der Waals surface area contributed by atoms with Crippen LogP contribution in [0.1, 0.15) is 23.2 Å². The third kappa shape index (κ3) is 4.29. The normalized spacial score (nSPS) is 16.2. The molecule has 3 aromatic rings. The van der Waals surface area contributed by atoms with Gasteiger partial charge in [0.05, 0.1) is 11.8 Å². The zero-order valence-electron chi connectivity index (χ0n) is 14.6. The number of hydrogen-bond donors (Lipinski definition) is 1. The summed E-state index contributed by atoms with van der Waals surface area (Å²) in [5.41, 5.74) is 2.06. The molecule has 2 heterocycles. The Labute approximate surface area is 156 Å². The molecule has 0 radical (unpaired) electrons. The number of carbonyl (C=O) groups excluding carboxylic acids is 1. The third-order valence-electron chi connectivity index (χ3n) is 4.32. The van der Waals surface area contributed by atoms with Crippen LogP contribution in [0.15, 0.2) is 54.9 Å². The Morgan fingerprint density at radius 3 is 2.67 bits per heavy atom. The molecular weight excluding hydrogens is 346 g/mol. The van der Waals surface area contributed by atoms with Crippen molar-refractivity contribution in [1.82, 2.24) is 20.2 Å². The summed E-state index contributed by atoms with van der Waals surface area (Å²) in [5, 5.41) is 13.9. The standard InChI is InChI=1S/C19H19N5O3/c25-19(21-15-5-7-16(8-6-15)24-13-20-22-23-24)14-3-9-17(10-4-14)27-12-18-2-1-11-26-18/h3-10,13,18H,1-2,11-12H2,(H,21,25)/t18-/m1/s1. The van der Waals surface area contributed by atoms with E-state index in [2.05, 4.69) is 20.8 Å². The molecule has 4 rings (SSSR count). The molecule has 0 saturated carbocycles. The highest BCUT2D eigenvalue weighted by molar-refractivity contribution is 6.04. The van der Waals surface area contributed by atoms with Crippen LogP contribution in [0.3, 0.4) is 0 Å². The summed E-state index contributed by atoms with van der Waals surface area (Å²) in [4.78, 5) is 12.4. The zero-order valence-corrected chi connectivity index (χ0v) is 14.6. The van der Waals surface area contributed by atoms with Crippen LogP contribution < -0.4 is 10.1 Å². The second kappa shape index (κ2) is 7.96. The second-order valence-corrected chi connectivity index (χ2v) is 6.23. The molecule has 0 unspecified atom stereocenters. The number of hydrogen-bond acceptors (Lipinski definition) is 6. The van der Waals surface area contributed by atoms with Crippen molar-refractivity contribution in [2.24, 2.45) is 0 Å². The highest BCUT2D eigenvalue weighted by Crippen LogP contribution is 2.18. The van der Waals surface area contributed by atoms with Crippen molar-refractivity contribution in [3.63, 3.8) is 0 Å². The van der Waals surface area contributed by atoms with E-state index >= 15 is 0 Å². The third-order valence-corrected chi connectivity index (χ3v) is 4.32. The van der Waals surface area contributed by atoms with Crippen LogP contribution in [-0.2, 0) is 4.74 Å². The number of tetrazole rings is 1. The number of anilines is 1. The summed E-state index contributed by atoms with van der Waals surface area (Å²) in [6.45, 7) is 1.35. The number of amides is 1. The minimum absolute atomic E-state index is 0.171. The number of rotatable bonds is 6. The van der Waals surface area contributed by atoms with Gasteiger partial charge in [-0.1, -0.05) is 0 Å². The van der Waals surface area contributed by atoms with E-state index in [9.17, 15) is 4.79 Å². The molecule has 138 valence electrons. The predicted octanol–water partition coefficient (Wildman–Crippen LogP) is 2.47. The zero-order chi connectivity index (χ0) is 18.5. The monoisotopic (exact) mass is 365 g/mol. The first-order valence-electron chi connectivity index (χ1n) is 8.77. The smallest absolute Gasteiger partial charge is 0.255 e. The van der Waals surface area contributed by atoms with Crippen LogP contribution in [-0.4, -0.2) is 45.4 Å². The Kier molecular flexibility index (Phi) is 5.06.